The lowest BCUT2D eigenvalue weighted by Crippen LogP contribution is -2.48. The number of piperidine rings is 1. The van der Waals surface area contributed by atoms with Crippen molar-refractivity contribution in [3.63, 3.8) is 0 Å². The normalized spacial score (nSPS) is 25.8. The third kappa shape index (κ3) is 3.32. The molecule has 0 aromatic heterocycles. The predicted molar refractivity (Wildman–Crippen MR) is 57.8 cm³/mol. The molecule has 1 fully saturated rings. The van der Waals surface area contributed by atoms with Gasteiger partial charge >= 0.3 is 6.18 Å². The first-order chi connectivity index (χ1) is 7.69. The van der Waals surface area contributed by atoms with Gasteiger partial charge < -0.3 is 5.73 Å². The average Bonchev–Trinajstić information content (AvgIpc) is 2.27. The molecule has 1 aliphatic heterocycles. The molecule has 0 spiro atoms. The molecule has 2 atom stereocenters. The number of nitrogens with two attached hydrogens (primary N) is 1. The fraction of sp³-hybridized carbons (Fsp3) is 1.00. The summed E-state index contributed by atoms with van der Waals surface area (Å²) in [6.45, 7) is 0.997. The van der Waals surface area contributed by atoms with Gasteiger partial charge in [0.1, 0.15) is 0 Å². The Morgan fingerprint density at radius 1 is 1.47 bits per heavy atom. The van der Waals surface area contributed by atoms with Crippen molar-refractivity contribution in [2.75, 3.05) is 19.6 Å². The lowest BCUT2D eigenvalue weighted by molar-refractivity contribution is -0.182. The molecule has 1 saturated heterocycles. The highest BCUT2D eigenvalue weighted by atomic mass is 32.2. The summed E-state index contributed by atoms with van der Waals surface area (Å²) >= 11 is 0. The molecule has 0 saturated carbocycles. The number of hydrogen-bond acceptors (Lipinski definition) is 3. The topological polar surface area (TPSA) is 63.4 Å². The Balaban J connectivity index is 2.80. The number of halogens is 3. The fourth-order valence-corrected chi connectivity index (χ4v) is 3.34. The summed E-state index contributed by atoms with van der Waals surface area (Å²) in [4.78, 5) is 0. The SMILES string of the molecule is CC(CN)S(=O)(=O)N1CCCC(C(F)(F)F)C1. The summed E-state index contributed by atoms with van der Waals surface area (Å²) < 4.78 is 62.3. The van der Waals surface area contributed by atoms with E-state index in [9.17, 15) is 21.6 Å². The summed E-state index contributed by atoms with van der Waals surface area (Å²) in [5, 5.41) is -0.838. The highest BCUT2D eigenvalue weighted by Gasteiger charge is 2.44. The molecular formula is C9H17F3N2O2S. The van der Waals surface area contributed by atoms with Gasteiger partial charge in [-0.15, -0.1) is 0 Å². The maximum Gasteiger partial charge on any atom is 0.393 e. The van der Waals surface area contributed by atoms with E-state index in [2.05, 4.69) is 0 Å². The second-order valence-electron chi connectivity index (χ2n) is 4.33. The molecule has 8 heteroatoms. The van der Waals surface area contributed by atoms with Crippen LogP contribution in [0, 0.1) is 5.92 Å². The van der Waals surface area contributed by atoms with Crippen LogP contribution in [0.25, 0.3) is 0 Å². The van der Waals surface area contributed by atoms with Gasteiger partial charge in [0.2, 0.25) is 10.0 Å². The van der Waals surface area contributed by atoms with Gasteiger partial charge in [0, 0.05) is 19.6 Å². The minimum atomic E-state index is -4.33. The quantitative estimate of drug-likeness (QED) is 0.833. The zero-order valence-electron chi connectivity index (χ0n) is 9.57. The first-order valence-corrected chi connectivity index (χ1v) is 6.95. The van der Waals surface area contributed by atoms with Crippen LogP contribution >= 0.6 is 0 Å². The van der Waals surface area contributed by atoms with Gasteiger partial charge in [-0.05, 0) is 19.8 Å². The average molecular weight is 274 g/mol. The van der Waals surface area contributed by atoms with Crippen LogP contribution in [-0.4, -0.2) is 43.8 Å². The van der Waals surface area contributed by atoms with Crippen molar-refractivity contribution in [2.45, 2.75) is 31.2 Å². The van der Waals surface area contributed by atoms with Crippen LogP contribution in [0.4, 0.5) is 13.2 Å². The molecule has 0 aliphatic carbocycles. The van der Waals surface area contributed by atoms with E-state index in [0.29, 0.717) is 0 Å². The van der Waals surface area contributed by atoms with Gasteiger partial charge in [-0.3, -0.25) is 0 Å². The van der Waals surface area contributed by atoms with Crippen LogP contribution in [0.5, 0.6) is 0 Å². The highest BCUT2D eigenvalue weighted by Crippen LogP contribution is 2.34. The molecule has 0 aromatic rings. The van der Waals surface area contributed by atoms with Crippen LogP contribution in [0.1, 0.15) is 19.8 Å². The molecule has 0 aromatic carbocycles. The van der Waals surface area contributed by atoms with Crippen molar-refractivity contribution >= 4 is 10.0 Å². The standard InChI is InChI=1S/C9H17F3N2O2S/c1-7(5-13)17(15,16)14-4-2-3-8(6-14)9(10,11)12/h7-8H,2-6,13H2,1H3. The molecule has 4 nitrogen and oxygen atoms in total. The Kier molecular flexibility index (Phi) is 4.43. The molecule has 1 rings (SSSR count). The van der Waals surface area contributed by atoms with E-state index in [1.165, 1.54) is 6.92 Å². The van der Waals surface area contributed by atoms with E-state index in [-0.39, 0.29) is 25.9 Å². The molecule has 102 valence electrons. The third-order valence-electron chi connectivity index (χ3n) is 3.05. The maximum atomic E-state index is 12.5. The van der Waals surface area contributed by atoms with E-state index in [1.54, 1.807) is 0 Å². The van der Waals surface area contributed by atoms with Gasteiger partial charge in [0.15, 0.2) is 0 Å². The van der Waals surface area contributed by atoms with Crippen molar-refractivity contribution in [2.24, 2.45) is 11.7 Å². The van der Waals surface area contributed by atoms with Crippen LogP contribution < -0.4 is 5.73 Å². The van der Waals surface area contributed by atoms with Gasteiger partial charge in [-0.1, -0.05) is 0 Å². The molecule has 0 radical (unpaired) electrons. The molecule has 1 heterocycles. The summed E-state index contributed by atoms with van der Waals surface area (Å²) in [6.07, 6.45) is -4.10. The number of rotatable bonds is 3. The van der Waals surface area contributed by atoms with Gasteiger partial charge in [-0.25, -0.2) is 12.7 Å². The molecule has 0 bridgehead atoms. The minimum Gasteiger partial charge on any atom is -0.329 e. The molecule has 2 N–H and O–H groups in total. The molecule has 2 unspecified atom stereocenters. The van der Waals surface area contributed by atoms with E-state index in [1.807, 2.05) is 0 Å². The van der Waals surface area contributed by atoms with E-state index < -0.39 is 33.9 Å². The Labute approximate surface area is 99.0 Å². The summed E-state index contributed by atoms with van der Waals surface area (Å²) in [6, 6.07) is 0. The lowest BCUT2D eigenvalue weighted by Gasteiger charge is -2.34. The predicted octanol–water partition coefficient (Wildman–Crippen LogP) is 0.938. The number of sulfonamides is 1. The summed E-state index contributed by atoms with van der Waals surface area (Å²) in [7, 11) is -3.70. The monoisotopic (exact) mass is 274 g/mol. The molecular weight excluding hydrogens is 257 g/mol. The number of nitrogens with zero attached hydrogens (tertiary/aromatic N) is 1. The maximum absolute atomic E-state index is 12.5. The second kappa shape index (κ2) is 5.11. The van der Waals surface area contributed by atoms with Crippen LogP contribution in [-0.2, 0) is 10.0 Å². The number of hydrogen-bond donors (Lipinski definition) is 1. The van der Waals surface area contributed by atoms with Crippen molar-refractivity contribution in [3.05, 3.63) is 0 Å². The second-order valence-corrected chi connectivity index (χ2v) is 6.68. The summed E-state index contributed by atoms with van der Waals surface area (Å²) in [5.74, 6) is -1.56. The van der Waals surface area contributed by atoms with E-state index in [0.717, 1.165) is 4.31 Å². The first-order valence-electron chi connectivity index (χ1n) is 5.45. The van der Waals surface area contributed by atoms with Crippen molar-refractivity contribution in [1.82, 2.24) is 4.31 Å². The van der Waals surface area contributed by atoms with Crippen LogP contribution in [0.15, 0.2) is 0 Å². The number of alkyl halides is 3. The van der Waals surface area contributed by atoms with E-state index in [4.69, 9.17) is 5.73 Å². The van der Waals surface area contributed by atoms with Crippen LogP contribution in [0.3, 0.4) is 0 Å². The van der Waals surface area contributed by atoms with Crippen molar-refractivity contribution < 1.29 is 21.6 Å². The zero-order chi connectivity index (χ0) is 13.3. The fourth-order valence-electron chi connectivity index (χ4n) is 1.82. The Morgan fingerprint density at radius 2 is 2.06 bits per heavy atom. The Morgan fingerprint density at radius 3 is 2.53 bits per heavy atom. The lowest BCUT2D eigenvalue weighted by atomic mass is 9.99. The minimum absolute atomic E-state index is 0.00741. The molecule has 0 amide bonds. The van der Waals surface area contributed by atoms with Gasteiger partial charge in [-0.2, -0.15) is 13.2 Å². The van der Waals surface area contributed by atoms with Gasteiger partial charge in [0.05, 0.1) is 11.2 Å². The Bertz CT molecular complexity index is 356. The van der Waals surface area contributed by atoms with Crippen LogP contribution in [0.2, 0.25) is 0 Å². The first kappa shape index (κ1) is 14.7. The molecule has 1 aliphatic rings. The van der Waals surface area contributed by atoms with Gasteiger partial charge in [0.25, 0.3) is 0 Å². The van der Waals surface area contributed by atoms with Crippen molar-refractivity contribution in [1.29, 1.82) is 0 Å². The smallest absolute Gasteiger partial charge is 0.329 e. The van der Waals surface area contributed by atoms with Crippen molar-refractivity contribution in [3.8, 4) is 0 Å². The Hall–Kier alpha value is -0.340. The third-order valence-corrected chi connectivity index (χ3v) is 5.31. The van der Waals surface area contributed by atoms with E-state index >= 15 is 0 Å². The molecule has 17 heavy (non-hydrogen) atoms. The highest BCUT2D eigenvalue weighted by molar-refractivity contribution is 7.89. The summed E-state index contributed by atoms with van der Waals surface area (Å²) in [5.41, 5.74) is 5.26. The zero-order valence-corrected chi connectivity index (χ0v) is 10.4. The largest absolute Gasteiger partial charge is 0.393 e.